The Morgan fingerprint density at radius 2 is 1.38 bits per heavy atom. The molecule has 1 atom stereocenters. The van der Waals surface area contributed by atoms with Gasteiger partial charge in [0.2, 0.25) is 0 Å². The van der Waals surface area contributed by atoms with E-state index >= 15 is 0 Å². The number of aryl methyl sites for hydroxylation is 1. The number of fused-ring (bicyclic) bond motifs is 1. The van der Waals surface area contributed by atoms with Crippen molar-refractivity contribution in [2.24, 2.45) is 0 Å². The van der Waals surface area contributed by atoms with Crippen molar-refractivity contribution in [3.05, 3.63) is 120 Å². The molecule has 0 aliphatic rings. The average molecular weight is 447 g/mol. The lowest BCUT2D eigenvalue weighted by molar-refractivity contribution is 0.153. The van der Waals surface area contributed by atoms with Gasteiger partial charge in [0.25, 0.3) is 0 Å². The standard InChI is InChI=1S/C31H30N2O/c1-23-17-18-29-28(19-23)30(25-13-7-3-8-14-25)31(26-15-9-4-10-16-26)33(29)22-27(34)21-32-20-24-11-5-2-6-12-24/h2-19,27,32,34H,20-22H2,1H3/t27-/m0/s1. The molecule has 0 saturated carbocycles. The van der Waals surface area contributed by atoms with Crippen LogP contribution in [-0.2, 0) is 13.1 Å². The highest BCUT2D eigenvalue weighted by atomic mass is 16.3. The van der Waals surface area contributed by atoms with Gasteiger partial charge >= 0.3 is 0 Å². The molecule has 0 fully saturated rings. The number of hydrogen-bond acceptors (Lipinski definition) is 2. The molecule has 1 aromatic heterocycles. The zero-order valence-electron chi connectivity index (χ0n) is 19.5. The molecule has 0 bridgehead atoms. The molecule has 170 valence electrons. The Balaban J connectivity index is 1.55. The predicted octanol–water partition coefficient (Wildman–Crippen LogP) is 6.43. The van der Waals surface area contributed by atoms with Crippen molar-refractivity contribution in [3.63, 3.8) is 0 Å². The Morgan fingerprint density at radius 1 is 0.765 bits per heavy atom. The monoisotopic (exact) mass is 446 g/mol. The van der Waals surface area contributed by atoms with E-state index in [4.69, 9.17) is 0 Å². The highest BCUT2D eigenvalue weighted by molar-refractivity contribution is 6.04. The molecule has 34 heavy (non-hydrogen) atoms. The summed E-state index contributed by atoms with van der Waals surface area (Å²) in [6.07, 6.45) is -0.522. The number of rotatable bonds is 8. The first-order valence-electron chi connectivity index (χ1n) is 11.9. The average Bonchev–Trinajstić information content (AvgIpc) is 3.18. The Bertz CT molecular complexity index is 1360. The van der Waals surface area contributed by atoms with Crippen LogP contribution < -0.4 is 5.32 Å². The highest BCUT2D eigenvalue weighted by Crippen LogP contribution is 2.41. The molecule has 0 aliphatic heterocycles. The first-order chi connectivity index (χ1) is 16.7. The maximum atomic E-state index is 11.1. The Morgan fingerprint density at radius 3 is 2.06 bits per heavy atom. The zero-order chi connectivity index (χ0) is 23.3. The van der Waals surface area contributed by atoms with Crippen LogP contribution >= 0.6 is 0 Å². The number of hydrogen-bond donors (Lipinski definition) is 2. The molecule has 0 saturated heterocycles. The number of nitrogens with zero attached hydrogens (tertiary/aromatic N) is 1. The molecular formula is C31H30N2O. The van der Waals surface area contributed by atoms with Gasteiger partial charge in [-0.05, 0) is 35.7 Å². The van der Waals surface area contributed by atoms with Gasteiger partial charge in [0.05, 0.1) is 18.3 Å². The largest absolute Gasteiger partial charge is 0.390 e. The van der Waals surface area contributed by atoms with E-state index < -0.39 is 6.10 Å². The second-order valence-electron chi connectivity index (χ2n) is 8.86. The lowest BCUT2D eigenvalue weighted by atomic mass is 9.98. The van der Waals surface area contributed by atoms with E-state index in [-0.39, 0.29) is 0 Å². The maximum Gasteiger partial charge on any atom is 0.0843 e. The summed E-state index contributed by atoms with van der Waals surface area (Å²) >= 11 is 0. The SMILES string of the molecule is Cc1ccc2c(c1)c(-c1ccccc1)c(-c1ccccc1)n2C[C@@H](O)CNCc1ccccc1. The van der Waals surface area contributed by atoms with Crippen molar-refractivity contribution in [2.45, 2.75) is 26.1 Å². The van der Waals surface area contributed by atoms with E-state index in [1.165, 1.54) is 27.6 Å². The summed E-state index contributed by atoms with van der Waals surface area (Å²) in [6.45, 7) is 3.91. The normalized spacial score (nSPS) is 12.2. The molecule has 0 radical (unpaired) electrons. The number of benzene rings is 4. The van der Waals surface area contributed by atoms with Crippen LogP contribution in [0.1, 0.15) is 11.1 Å². The van der Waals surface area contributed by atoms with Crippen molar-refractivity contribution in [1.29, 1.82) is 0 Å². The van der Waals surface area contributed by atoms with Crippen molar-refractivity contribution in [1.82, 2.24) is 9.88 Å². The van der Waals surface area contributed by atoms with Gasteiger partial charge in [-0.1, -0.05) is 103 Å². The Hall–Kier alpha value is -3.66. The molecule has 0 aliphatic carbocycles. The molecule has 3 heteroatoms. The van der Waals surface area contributed by atoms with Crippen molar-refractivity contribution < 1.29 is 5.11 Å². The smallest absolute Gasteiger partial charge is 0.0843 e. The van der Waals surface area contributed by atoms with Gasteiger partial charge < -0.3 is 15.0 Å². The fourth-order valence-electron chi connectivity index (χ4n) is 4.71. The van der Waals surface area contributed by atoms with E-state index in [1.54, 1.807) is 0 Å². The van der Waals surface area contributed by atoms with E-state index in [9.17, 15) is 5.11 Å². The van der Waals surface area contributed by atoms with Crippen molar-refractivity contribution in [3.8, 4) is 22.4 Å². The summed E-state index contributed by atoms with van der Waals surface area (Å²) in [5.74, 6) is 0. The molecule has 0 amide bonds. The van der Waals surface area contributed by atoms with Crippen LogP contribution in [0.4, 0.5) is 0 Å². The van der Waals surface area contributed by atoms with Gasteiger partial charge in [-0.25, -0.2) is 0 Å². The second kappa shape index (κ2) is 10.1. The number of aromatic nitrogens is 1. The molecule has 5 aromatic rings. The van der Waals surface area contributed by atoms with Crippen LogP contribution in [0, 0.1) is 6.92 Å². The number of aliphatic hydroxyl groups excluding tert-OH is 1. The van der Waals surface area contributed by atoms with Crippen LogP contribution in [0.15, 0.2) is 109 Å². The molecule has 1 heterocycles. The number of nitrogens with one attached hydrogen (secondary N) is 1. The lowest BCUT2D eigenvalue weighted by Crippen LogP contribution is -2.30. The lowest BCUT2D eigenvalue weighted by Gasteiger charge is -2.18. The minimum Gasteiger partial charge on any atom is -0.390 e. The zero-order valence-corrected chi connectivity index (χ0v) is 19.5. The Labute approximate surface area is 201 Å². The highest BCUT2D eigenvalue weighted by Gasteiger charge is 2.21. The van der Waals surface area contributed by atoms with Crippen molar-refractivity contribution in [2.75, 3.05) is 6.54 Å². The van der Waals surface area contributed by atoms with E-state index in [2.05, 4.69) is 102 Å². The third-order valence-electron chi connectivity index (χ3n) is 6.27. The molecular weight excluding hydrogens is 416 g/mol. The first kappa shape index (κ1) is 22.1. The molecule has 5 rings (SSSR count). The van der Waals surface area contributed by atoms with Crippen LogP contribution in [-0.4, -0.2) is 22.3 Å². The third-order valence-corrected chi connectivity index (χ3v) is 6.27. The number of aliphatic hydroxyl groups is 1. The first-order valence-corrected chi connectivity index (χ1v) is 11.9. The minimum absolute atomic E-state index is 0.512. The van der Waals surface area contributed by atoms with Crippen molar-refractivity contribution >= 4 is 10.9 Å². The van der Waals surface area contributed by atoms with Crippen LogP contribution in [0.5, 0.6) is 0 Å². The molecule has 3 nitrogen and oxygen atoms in total. The van der Waals surface area contributed by atoms with Gasteiger partial charge in [0.1, 0.15) is 0 Å². The van der Waals surface area contributed by atoms with Gasteiger partial charge in [-0.15, -0.1) is 0 Å². The Kier molecular flexibility index (Phi) is 6.57. The minimum atomic E-state index is -0.522. The van der Waals surface area contributed by atoms with Gasteiger partial charge in [-0.2, -0.15) is 0 Å². The van der Waals surface area contributed by atoms with E-state index in [1.807, 2.05) is 24.3 Å². The molecule has 4 aromatic carbocycles. The molecule has 2 N–H and O–H groups in total. The third kappa shape index (κ3) is 4.67. The summed E-state index contributed by atoms with van der Waals surface area (Å²) in [4.78, 5) is 0. The van der Waals surface area contributed by atoms with Crippen LogP contribution in [0.25, 0.3) is 33.3 Å². The van der Waals surface area contributed by atoms with Gasteiger partial charge in [-0.3, -0.25) is 0 Å². The fraction of sp³-hybridized carbons (Fsp3) is 0.161. The molecule has 0 spiro atoms. The quantitative estimate of drug-likeness (QED) is 0.288. The fourth-order valence-corrected chi connectivity index (χ4v) is 4.71. The summed E-state index contributed by atoms with van der Waals surface area (Å²) in [5, 5.41) is 15.7. The summed E-state index contributed by atoms with van der Waals surface area (Å²) in [7, 11) is 0. The topological polar surface area (TPSA) is 37.2 Å². The predicted molar refractivity (Wildman–Crippen MR) is 142 cm³/mol. The van der Waals surface area contributed by atoms with Gasteiger partial charge in [0.15, 0.2) is 0 Å². The van der Waals surface area contributed by atoms with Gasteiger partial charge in [0, 0.05) is 29.6 Å². The molecule has 0 unspecified atom stereocenters. The summed E-state index contributed by atoms with van der Waals surface area (Å²) in [5.41, 5.74) is 8.29. The van der Waals surface area contributed by atoms with E-state index in [0.717, 1.165) is 23.3 Å². The van der Waals surface area contributed by atoms with Crippen LogP contribution in [0.2, 0.25) is 0 Å². The maximum absolute atomic E-state index is 11.1. The van der Waals surface area contributed by atoms with Crippen LogP contribution in [0.3, 0.4) is 0 Å². The summed E-state index contributed by atoms with van der Waals surface area (Å²) in [6, 6.07) is 38.0. The summed E-state index contributed by atoms with van der Waals surface area (Å²) < 4.78 is 2.29. The second-order valence-corrected chi connectivity index (χ2v) is 8.86. The van der Waals surface area contributed by atoms with E-state index in [0.29, 0.717) is 13.1 Å².